The van der Waals surface area contributed by atoms with Gasteiger partial charge in [0.1, 0.15) is 6.33 Å². The van der Waals surface area contributed by atoms with Crippen molar-refractivity contribution in [2.24, 2.45) is 0 Å². The maximum absolute atomic E-state index is 13.8. The van der Waals surface area contributed by atoms with Crippen LogP contribution in [0.5, 0.6) is 0 Å². The summed E-state index contributed by atoms with van der Waals surface area (Å²) in [4.78, 5) is 39.6. The Morgan fingerprint density at radius 1 is 1.12 bits per heavy atom. The minimum Gasteiger partial charge on any atom is -0.273 e. The van der Waals surface area contributed by atoms with Crippen LogP contribution in [0.3, 0.4) is 0 Å². The molecule has 0 amide bonds. The minimum absolute atomic E-state index is 0.0321. The zero-order valence-electron chi connectivity index (χ0n) is 14.7. The summed E-state index contributed by atoms with van der Waals surface area (Å²) >= 11 is 5.81. The van der Waals surface area contributed by atoms with Crippen molar-refractivity contribution < 1.29 is 4.39 Å². The predicted octanol–water partition coefficient (Wildman–Crippen LogP) is 2.90. The fourth-order valence-electron chi connectivity index (χ4n) is 2.80. The Morgan fingerprint density at radius 2 is 1.69 bits per heavy atom. The van der Waals surface area contributed by atoms with Crippen LogP contribution < -0.4 is 11.2 Å². The number of halogens is 2. The van der Waals surface area contributed by atoms with Gasteiger partial charge in [-0.1, -0.05) is 39.3 Å². The summed E-state index contributed by atoms with van der Waals surface area (Å²) in [5.41, 5.74) is 0.167. The van der Waals surface area contributed by atoms with Crippen LogP contribution in [0.2, 0.25) is 5.15 Å². The second kappa shape index (κ2) is 6.60. The molecule has 0 bridgehead atoms. The number of nitrogens with zero attached hydrogens (tertiary/aromatic N) is 4. The van der Waals surface area contributed by atoms with E-state index in [1.165, 1.54) is 10.9 Å². The number of aromatic amines is 1. The first kappa shape index (κ1) is 18.2. The zero-order chi connectivity index (χ0) is 19.2. The van der Waals surface area contributed by atoms with Gasteiger partial charge in [-0.25, -0.2) is 28.7 Å². The molecule has 0 aliphatic heterocycles. The third-order valence-corrected chi connectivity index (χ3v) is 4.25. The Bertz CT molecular complexity index is 1090. The lowest BCUT2D eigenvalue weighted by atomic mass is 10.0. The van der Waals surface area contributed by atoms with Crippen molar-refractivity contribution in [1.29, 1.82) is 0 Å². The van der Waals surface area contributed by atoms with Gasteiger partial charge < -0.3 is 0 Å². The molecule has 7 nitrogen and oxygen atoms in total. The van der Waals surface area contributed by atoms with E-state index < -0.39 is 22.2 Å². The summed E-state index contributed by atoms with van der Waals surface area (Å²) < 4.78 is 15.0. The SMILES string of the molecule is CC(C)c1ncnc(C(C)C)c1-n1c(=O)[nH]c(=O)c2cc(F)c(Cl)nc21. The van der Waals surface area contributed by atoms with Crippen LogP contribution in [0.15, 0.2) is 22.0 Å². The summed E-state index contributed by atoms with van der Waals surface area (Å²) in [6.45, 7) is 7.70. The van der Waals surface area contributed by atoms with Crippen LogP contribution in [-0.2, 0) is 0 Å². The highest BCUT2D eigenvalue weighted by atomic mass is 35.5. The van der Waals surface area contributed by atoms with Crippen LogP contribution in [0.4, 0.5) is 4.39 Å². The molecule has 9 heteroatoms. The van der Waals surface area contributed by atoms with Crippen molar-refractivity contribution in [3.8, 4) is 5.69 Å². The molecule has 3 rings (SSSR count). The number of nitrogens with one attached hydrogen (secondary N) is 1. The molecule has 0 spiro atoms. The molecule has 3 heterocycles. The monoisotopic (exact) mass is 377 g/mol. The highest BCUT2D eigenvalue weighted by molar-refractivity contribution is 6.29. The molecule has 3 aromatic heterocycles. The van der Waals surface area contributed by atoms with Gasteiger partial charge in [0, 0.05) is 0 Å². The van der Waals surface area contributed by atoms with Crippen molar-refractivity contribution in [1.82, 2.24) is 24.5 Å². The van der Waals surface area contributed by atoms with E-state index >= 15 is 0 Å². The van der Waals surface area contributed by atoms with Gasteiger partial charge in [0.25, 0.3) is 5.56 Å². The lowest BCUT2D eigenvalue weighted by Crippen LogP contribution is -2.32. The largest absolute Gasteiger partial charge is 0.334 e. The first-order chi connectivity index (χ1) is 12.2. The average molecular weight is 378 g/mol. The average Bonchev–Trinajstić information content (AvgIpc) is 2.56. The molecule has 0 fully saturated rings. The summed E-state index contributed by atoms with van der Waals surface area (Å²) in [7, 11) is 0. The molecule has 0 atom stereocenters. The van der Waals surface area contributed by atoms with Crippen molar-refractivity contribution in [3.05, 3.63) is 55.6 Å². The third kappa shape index (κ3) is 2.90. The highest BCUT2D eigenvalue weighted by Crippen LogP contribution is 2.28. The molecule has 0 aromatic carbocycles. The molecule has 0 aliphatic carbocycles. The van der Waals surface area contributed by atoms with E-state index in [-0.39, 0.29) is 22.9 Å². The van der Waals surface area contributed by atoms with Gasteiger partial charge in [-0.05, 0) is 17.9 Å². The molecule has 0 unspecified atom stereocenters. The summed E-state index contributed by atoms with van der Waals surface area (Å²) in [5.74, 6) is -0.905. The molecule has 0 saturated heterocycles. The smallest absolute Gasteiger partial charge is 0.273 e. The zero-order valence-corrected chi connectivity index (χ0v) is 15.4. The standard InChI is InChI=1S/C17H17ClFN5O2/c1-7(2)11-13(12(8(3)4)21-6-20-11)24-15-9(16(25)23-17(24)26)5-10(19)14(18)22-15/h5-8H,1-4H3,(H,23,25,26). The van der Waals surface area contributed by atoms with Gasteiger partial charge in [0.2, 0.25) is 0 Å². The van der Waals surface area contributed by atoms with Crippen LogP contribution in [0.1, 0.15) is 50.9 Å². The number of aromatic nitrogens is 5. The Labute approximate surface area is 152 Å². The maximum Gasteiger partial charge on any atom is 0.334 e. The van der Waals surface area contributed by atoms with E-state index in [1.807, 2.05) is 27.7 Å². The molecule has 1 N–H and O–H groups in total. The predicted molar refractivity (Wildman–Crippen MR) is 96.7 cm³/mol. The Kier molecular flexibility index (Phi) is 4.62. The second-order valence-electron chi connectivity index (χ2n) is 6.53. The number of hydrogen-bond acceptors (Lipinski definition) is 5. The number of rotatable bonds is 3. The Balaban J connectivity index is 2.57. The van der Waals surface area contributed by atoms with Crippen LogP contribution in [0.25, 0.3) is 16.7 Å². The number of H-pyrrole nitrogens is 1. The van der Waals surface area contributed by atoms with Gasteiger partial charge >= 0.3 is 5.69 Å². The third-order valence-electron chi connectivity index (χ3n) is 3.99. The molecular formula is C17H17ClFN5O2. The molecular weight excluding hydrogens is 361 g/mol. The summed E-state index contributed by atoms with van der Waals surface area (Å²) in [6.07, 6.45) is 1.44. The maximum atomic E-state index is 13.8. The highest BCUT2D eigenvalue weighted by Gasteiger charge is 2.23. The van der Waals surface area contributed by atoms with E-state index in [1.54, 1.807) is 0 Å². The van der Waals surface area contributed by atoms with Crippen molar-refractivity contribution in [2.45, 2.75) is 39.5 Å². The van der Waals surface area contributed by atoms with Crippen LogP contribution in [-0.4, -0.2) is 24.5 Å². The normalized spacial score (nSPS) is 11.7. The quantitative estimate of drug-likeness (QED) is 0.708. The minimum atomic E-state index is -0.840. The number of fused-ring (bicyclic) bond motifs is 1. The van der Waals surface area contributed by atoms with Gasteiger partial charge in [-0.15, -0.1) is 0 Å². The van der Waals surface area contributed by atoms with Gasteiger partial charge in [-0.3, -0.25) is 9.78 Å². The van der Waals surface area contributed by atoms with Crippen molar-refractivity contribution in [2.75, 3.05) is 0 Å². The van der Waals surface area contributed by atoms with E-state index in [4.69, 9.17) is 11.6 Å². The van der Waals surface area contributed by atoms with Gasteiger partial charge in [-0.2, -0.15) is 0 Å². The van der Waals surface area contributed by atoms with E-state index in [0.717, 1.165) is 6.07 Å². The first-order valence-electron chi connectivity index (χ1n) is 8.08. The number of pyridine rings is 1. The first-order valence-corrected chi connectivity index (χ1v) is 8.46. The van der Waals surface area contributed by atoms with Gasteiger partial charge in [0.15, 0.2) is 16.6 Å². The van der Waals surface area contributed by atoms with E-state index in [9.17, 15) is 14.0 Å². The van der Waals surface area contributed by atoms with E-state index in [2.05, 4.69) is 19.9 Å². The number of hydrogen-bond donors (Lipinski definition) is 1. The van der Waals surface area contributed by atoms with Crippen LogP contribution in [0, 0.1) is 5.82 Å². The lowest BCUT2D eigenvalue weighted by Gasteiger charge is -2.19. The lowest BCUT2D eigenvalue weighted by molar-refractivity contribution is 0.623. The second-order valence-corrected chi connectivity index (χ2v) is 6.89. The molecule has 0 saturated carbocycles. The van der Waals surface area contributed by atoms with Gasteiger partial charge in [0.05, 0.1) is 22.5 Å². The fourth-order valence-corrected chi connectivity index (χ4v) is 2.93. The molecule has 136 valence electrons. The van der Waals surface area contributed by atoms with Crippen LogP contribution >= 0.6 is 11.6 Å². The summed E-state index contributed by atoms with van der Waals surface area (Å²) in [6, 6.07) is 0.966. The summed E-state index contributed by atoms with van der Waals surface area (Å²) in [5, 5.41) is -0.509. The molecule has 26 heavy (non-hydrogen) atoms. The van der Waals surface area contributed by atoms with Crippen molar-refractivity contribution in [3.63, 3.8) is 0 Å². The molecule has 0 aliphatic rings. The topological polar surface area (TPSA) is 93.5 Å². The Hall–Kier alpha value is -2.61. The fraction of sp³-hybridized carbons (Fsp3) is 0.353. The molecule has 3 aromatic rings. The molecule has 0 radical (unpaired) electrons. The Morgan fingerprint density at radius 3 is 2.23 bits per heavy atom. The van der Waals surface area contributed by atoms with E-state index in [0.29, 0.717) is 17.1 Å². The van der Waals surface area contributed by atoms with Crippen molar-refractivity contribution >= 4 is 22.6 Å².